The summed E-state index contributed by atoms with van der Waals surface area (Å²) in [6.45, 7) is 12.9. The standard InChI is InChI=1S/C17H30N4OS.HI/c1-4-18-17(19-8-6-13-22-15(2)3)21-11-9-20(10-12-21)16-7-5-14-23-16;/h5,7,14-15H,4,6,8-13H2,1-3H3,(H,18,19);1H. The van der Waals surface area contributed by atoms with Gasteiger partial charge in [0.15, 0.2) is 5.96 Å². The molecule has 0 atom stereocenters. The van der Waals surface area contributed by atoms with E-state index in [4.69, 9.17) is 9.73 Å². The summed E-state index contributed by atoms with van der Waals surface area (Å²) in [6, 6.07) is 4.32. The van der Waals surface area contributed by atoms with Crippen molar-refractivity contribution in [3.63, 3.8) is 0 Å². The van der Waals surface area contributed by atoms with E-state index in [1.54, 1.807) is 0 Å². The number of piperazine rings is 1. The average molecular weight is 466 g/mol. The van der Waals surface area contributed by atoms with E-state index < -0.39 is 0 Å². The van der Waals surface area contributed by atoms with Crippen LogP contribution in [0, 0.1) is 0 Å². The summed E-state index contributed by atoms with van der Waals surface area (Å²) in [4.78, 5) is 9.59. The minimum atomic E-state index is 0. The van der Waals surface area contributed by atoms with Crippen molar-refractivity contribution in [2.24, 2.45) is 4.99 Å². The maximum atomic E-state index is 5.58. The van der Waals surface area contributed by atoms with Crippen LogP contribution in [0.2, 0.25) is 0 Å². The maximum absolute atomic E-state index is 5.58. The highest BCUT2D eigenvalue weighted by Gasteiger charge is 2.20. The molecule has 0 unspecified atom stereocenters. The number of aliphatic imine (C=N–C) groups is 1. The predicted octanol–water partition coefficient (Wildman–Crippen LogP) is 3.27. The molecule has 24 heavy (non-hydrogen) atoms. The first-order valence-electron chi connectivity index (χ1n) is 8.64. The molecule has 1 aromatic heterocycles. The predicted molar refractivity (Wildman–Crippen MR) is 115 cm³/mol. The summed E-state index contributed by atoms with van der Waals surface area (Å²) in [5, 5.41) is 6.94. The van der Waals surface area contributed by atoms with Crippen molar-refractivity contribution in [1.29, 1.82) is 0 Å². The third-order valence-corrected chi connectivity index (χ3v) is 4.68. The molecule has 138 valence electrons. The van der Waals surface area contributed by atoms with Gasteiger partial charge in [0.1, 0.15) is 0 Å². The quantitative estimate of drug-likeness (QED) is 0.290. The summed E-state index contributed by atoms with van der Waals surface area (Å²) in [5.41, 5.74) is 0. The van der Waals surface area contributed by atoms with Crippen molar-refractivity contribution < 1.29 is 4.74 Å². The zero-order valence-electron chi connectivity index (χ0n) is 15.0. The minimum absolute atomic E-state index is 0. The van der Waals surface area contributed by atoms with Crippen LogP contribution in [0.1, 0.15) is 27.2 Å². The first kappa shape index (κ1) is 21.5. The molecule has 2 heterocycles. The van der Waals surface area contributed by atoms with E-state index in [2.05, 4.69) is 53.4 Å². The average Bonchev–Trinajstić information content (AvgIpc) is 3.08. The van der Waals surface area contributed by atoms with Crippen molar-refractivity contribution in [2.45, 2.75) is 33.3 Å². The van der Waals surface area contributed by atoms with E-state index >= 15 is 0 Å². The summed E-state index contributed by atoms with van der Waals surface area (Å²) < 4.78 is 5.58. The summed E-state index contributed by atoms with van der Waals surface area (Å²) in [6.07, 6.45) is 1.28. The highest BCUT2D eigenvalue weighted by molar-refractivity contribution is 14.0. The second-order valence-electron chi connectivity index (χ2n) is 5.93. The third kappa shape index (κ3) is 7.14. The Morgan fingerprint density at radius 2 is 2.08 bits per heavy atom. The topological polar surface area (TPSA) is 40.1 Å². The Balaban J connectivity index is 0.00000288. The Kier molecular flexibility index (Phi) is 10.7. The van der Waals surface area contributed by atoms with E-state index in [0.29, 0.717) is 6.10 Å². The van der Waals surface area contributed by atoms with Gasteiger partial charge in [-0.15, -0.1) is 35.3 Å². The molecule has 1 aliphatic heterocycles. The number of halogens is 1. The molecule has 0 radical (unpaired) electrons. The van der Waals surface area contributed by atoms with Crippen LogP contribution in [0.3, 0.4) is 0 Å². The normalized spacial score (nSPS) is 15.6. The number of anilines is 1. The molecule has 0 amide bonds. The Morgan fingerprint density at radius 1 is 1.33 bits per heavy atom. The van der Waals surface area contributed by atoms with Crippen molar-refractivity contribution >= 4 is 46.3 Å². The zero-order valence-corrected chi connectivity index (χ0v) is 18.2. The third-order valence-electron chi connectivity index (χ3n) is 3.75. The number of hydrogen-bond acceptors (Lipinski definition) is 4. The first-order chi connectivity index (χ1) is 11.2. The van der Waals surface area contributed by atoms with Crippen molar-refractivity contribution in [3.8, 4) is 0 Å². The van der Waals surface area contributed by atoms with Gasteiger partial charge in [0, 0.05) is 45.9 Å². The van der Waals surface area contributed by atoms with Gasteiger partial charge < -0.3 is 19.9 Å². The number of hydrogen-bond donors (Lipinski definition) is 1. The Bertz CT molecular complexity index is 459. The van der Waals surface area contributed by atoms with Crippen molar-refractivity contribution in [1.82, 2.24) is 10.2 Å². The number of ether oxygens (including phenoxy) is 1. The number of rotatable bonds is 7. The van der Waals surface area contributed by atoms with Gasteiger partial charge in [-0.25, -0.2) is 0 Å². The summed E-state index contributed by atoms with van der Waals surface area (Å²) in [7, 11) is 0. The van der Waals surface area contributed by atoms with Gasteiger partial charge in [-0.1, -0.05) is 0 Å². The van der Waals surface area contributed by atoms with Gasteiger partial charge in [0.25, 0.3) is 0 Å². The van der Waals surface area contributed by atoms with E-state index in [0.717, 1.165) is 58.3 Å². The molecule has 7 heteroatoms. The van der Waals surface area contributed by atoms with Crippen LogP contribution in [-0.2, 0) is 4.74 Å². The molecule has 1 saturated heterocycles. The summed E-state index contributed by atoms with van der Waals surface area (Å²) in [5.74, 6) is 1.04. The molecule has 1 N–H and O–H groups in total. The number of nitrogens with one attached hydrogen (secondary N) is 1. The molecule has 0 bridgehead atoms. The largest absolute Gasteiger partial charge is 0.379 e. The van der Waals surface area contributed by atoms with Gasteiger partial charge in [-0.05, 0) is 44.7 Å². The van der Waals surface area contributed by atoms with Gasteiger partial charge in [0.2, 0.25) is 0 Å². The molecule has 0 aliphatic carbocycles. The molecule has 1 aliphatic rings. The van der Waals surface area contributed by atoms with Crippen LogP contribution in [0.5, 0.6) is 0 Å². The smallest absolute Gasteiger partial charge is 0.194 e. The van der Waals surface area contributed by atoms with Crippen LogP contribution in [0.4, 0.5) is 5.00 Å². The van der Waals surface area contributed by atoms with E-state index in [-0.39, 0.29) is 24.0 Å². The van der Waals surface area contributed by atoms with Gasteiger partial charge in [-0.2, -0.15) is 0 Å². The fourth-order valence-corrected chi connectivity index (χ4v) is 3.37. The van der Waals surface area contributed by atoms with Crippen LogP contribution < -0.4 is 10.2 Å². The highest BCUT2D eigenvalue weighted by atomic mass is 127. The molecular weight excluding hydrogens is 435 g/mol. The van der Waals surface area contributed by atoms with E-state index in [1.807, 2.05) is 11.3 Å². The molecule has 0 spiro atoms. The fourth-order valence-electron chi connectivity index (χ4n) is 2.58. The second-order valence-corrected chi connectivity index (χ2v) is 6.86. The van der Waals surface area contributed by atoms with Crippen LogP contribution >= 0.6 is 35.3 Å². The monoisotopic (exact) mass is 466 g/mol. The lowest BCUT2D eigenvalue weighted by atomic mass is 10.3. The maximum Gasteiger partial charge on any atom is 0.194 e. The number of thiophene rings is 1. The first-order valence-corrected chi connectivity index (χ1v) is 9.52. The molecule has 5 nitrogen and oxygen atoms in total. The van der Waals surface area contributed by atoms with Gasteiger partial charge in [0.05, 0.1) is 11.1 Å². The lowest BCUT2D eigenvalue weighted by Gasteiger charge is -2.37. The molecular formula is C17H31IN4OS. The number of guanidine groups is 1. The van der Waals surface area contributed by atoms with Gasteiger partial charge in [-0.3, -0.25) is 4.99 Å². The molecule has 0 saturated carbocycles. The van der Waals surface area contributed by atoms with Crippen LogP contribution in [0.25, 0.3) is 0 Å². The lowest BCUT2D eigenvalue weighted by molar-refractivity contribution is 0.0782. The SMILES string of the molecule is CCNC(=NCCCOC(C)C)N1CCN(c2cccs2)CC1.I. The Labute approximate surface area is 167 Å². The molecule has 2 rings (SSSR count). The van der Waals surface area contributed by atoms with Crippen molar-refractivity contribution in [3.05, 3.63) is 17.5 Å². The minimum Gasteiger partial charge on any atom is -0.379 e. The molecule has 1 fully saturated rings. The molecule has 0 aromatic carbocycles. The zero-order chi connectivity index (χ0) is 16.5. The lowest BCUT2D eigenvalue weighted by Crippen LogP contribution is -2.52. The highest BCUT2D eigenvalue weighted by Crippen LogP contribution is 2.22. The molecule has 1 aromatic rings. The van der Waals surface area contributed by atoms with E-state index in [1.165, 1.54) is 5.00 Å². The van der Waals surface area contributed by atoms with Crippen LogP contribution in [-0.4, -0.2) is 62.8 Å². The van der Waals surface area contributed by atoms with Gasteiger partial charge >= 0.3 is 0 Å². The van der Waals surface area contributed by atoms with Crippen LogP contribution in [0.15, 0.2) is 22.5 Å². The Hall–Kier alpha value is -0.540. The Morgan fingerprint density at radius 3 is 2.67 bits per heavy atom. The fraction of sp³-hybridized carbons (Fsp3) is 0.706. The second kappa shape index (κ2) is 11.9. The summed E-state index contributed by atoms with van der Waals surface area (Å²) >= 11 is 1.82. The number of nitrogens with zero attached hydrogens (tertiary/aromatic N) is 3. The van der Waals surface area contributed by atoms with Crippen molar-refractivity contribution in [2.75, 3.05) is 50.8 Å². The van der Waals surface area contributed by atoms with E-state index in [9.17, 15) is 0 Å².